The molecule has 7 heteroatoms. The first-order valence-electron chi connectivity index (χ1n) is 7.73. The number of carbonyl (C=O) groups excluding carboxylic acids is 1. The summed E-state index contributed by atoms with van der Waals surface area (Å²) in [6.07, 6.45) is 1.07. The quantitative estimate of drug-likeness (QED) is 0.818. The Morgan fingerprint density at radius 3 is 2.44 bits per heavy atom. The van der Waals surface area contributed by atoms with Crippen molar-refractivity contribution in [2.75, 3.05) is 24.2 Å². The molecule has 1 N–H and O–H groups in total. The van der Waals surface area contributed by atoms with Gasteiger partial charge in [-0.15, -0.1) is 0 Å². The van der Waals surface area contributed by atoms with Gasteiger partial charge in [0.15, 0.2) is 0 Å². The van der Waals surface area contributed by atoms with Gasteiger partial charge in [-0.2, -0.15) is 0 Å². The van der Waals surface area contributed by atoms with E-state index >= 15 is 0 Å². The number of nitrogens with one attached hydrogen (secondary N) is 1. The predicted molar refractivity (Wildman–Crippen MR) is 98.2 cm³/mol. The zero-order valence-electron chi connectivity index (χ0n) is 14.5. The summed E-state index contributed by atoms with van der Waals surface area (Å²) in [5, 5.41) is 2.74. The third-order valence-electron chi connectivity index (χ3n) is 3.64. The van der Waals surface area contributed by atoms with E-state index in [1.54, 1.807) is 24.3 Å². The Labute approximate surface area is 148 Å². The van der Waals surface area contributed by atoms with Gasteiger partial charge in [-0.1, -0.05) is 35.9 Å². The molecule has 0 aliphatic heterocycles. The highest BCUT2D eigenvalue weighted by molar-refractivity contribution is 7.92. The number of anilines is 1. The molecule has 0 aromatic heterocycles. The molecule has 25 heavy (non-hydrogen) atoms. The van der Waals surface area contributed by atoms with E-state index in [2.05, 4.69) is 5.32 Å². The standard InChI is InChI=1S/C18H22N2O4S/c1-14-7-9-15(10-8-14)12-19-18(21)13-20(25(3,22)23)16-5-4-6-17(11-16)24-2/h4-11H,12-13H2,1-3H3,(H,19,21). The van der Waals surface area contributed by atoms with Crippen LogP contribution in [-0.2, 0) is 21.4 Å². The summed E-state index contributed by atoms with van der Waals surface area (Å²) in [6, 6.07) is 14.3. The second-order valence-corrected chi connectivity index (χ2v) is 7.64. The molecule has 0 spiro atoms. The predicted octanol–water partition coefficient (Wildman–Crippen LogP) is 2.09. The summed E-state index contributed by atoms with van der Waals surface area (Å²) in [7, 11) is -2.11. The molecule has 0 unspecified atom stereocenters. The fourth-order valence-corrected chi connectivity index (χ4v) is 3.11. The molecule has 0 bridgehead atoms. The molecule has 0 aliphatic rings. The largest absolute Gasteiger partial charge is 0.497 e. The van der Waals surface area contributed by atoms with Crippen LogP contribution in [0.3, 0.4) is 0 Å². The van der Waals surface area contributed by atoms with Crippen LogP contribution in [0, 0.1) is 6.92 Å². The Morgan fingerprint density at radius 1 is 1.16 bits per heavy atom. The van der Waals surface area contributed by atoms with Crippen molar-refractivity contribution >= 4 is 21.6 Å². The molecular weight excluding hydrogens is 340 g/mol. The number of hydrogen-bond donors (Lipinski definition) is 1. The lowest BCUT2D eigenvalue weighted by molar-refractivity contribution is -0.119. The second-order valence-electron chi connectivity index (χ2n) is 5.73. The molecule has 0 saturated carbocycles. The van der Waals surface area contributed by atoms with Crippen molar-refractivity contribution in [1.29, 1.82) is 0 Å². The van der Waals surface area contributed by atoms with Crippen molar-refractivity contribution in [3.8, 4) is 5.75 Å². The minimum atomic E-state index is -3.61. The number of rotatable bonds is 7. The minimum Gasteiger partial charge on any atom is -0.497 e. The van der Waals surface area contributed by atoms with Gasteiger partial charge in [0.2, 0.25) is 15.9 Å². The number of ether oxygens (including phenoxy) is 1. The van der Waals surface area contributed by atoms with Crippen molar-refractivity contribution in [3.63, 3.8) is 0 Å². The molecule has 134 valence electrons. The first kappa shape index (κ1) is 18.8. The molecular formula is C18H22N2O4S. The maximum atomic E-state index is 12.2. The first-order valence-corrected chi connectivity index (χ1v) is 9.58. The number of hydrogen-bond acceptors (Lipinski definition) is 4. The van der Waals surface area contributed by atoms with Gasteiger partial charge in [-0.3, -0.25) is 9.10 Å². The Hall–Kier alpha value is -2.54. The van der Waals surface area contributed by atoms with Crippen LogP contribution in [0.25, 0.3) is 0 Å². The van der Waals surface area contributed by atoms with Crippen LogP contribution >= 0.6 is 0 Å². The summed E-state index contributed by atoms with van der Waals surface area (Å²) >= 11 is 0. The van der Waals surface area contributed by atoms with E-state index in [-0.39, 0.29) is 12.5 Å². The number of methoxy groups -OCH3 is 1. The van der Waals surface area contributed by atoms with Crippen LogP contribution in [0.2, 0.25) is 0 Å². The van der Waals surface area contributed by atoms with Gasteiger partial charge in [-0.05, 0) is 24.6 Å². The van der Waals surface area contributed by atoms with E-state index in [0.29, 0.717) is 18.0 Å². The van der Waals surface area contributed by atoms with Crippen LogP contribution in [0.4, 0.5) is 5.69 Å². The number of carbonyl (C=O) groups is 1. The third-order valence-corrected chi connectivity index (χ3v) is 4.78. The van der Waals surface area contributed by atoms with E-state index in [1.165, 1.54) is 7.11 Å². The smallest absolute Gasteiger partial charge is 0.241 e. The monoisotopic (exact) mass is 362 g/mol. The van der Waals surface area contributed by atoms with E-state index in [0.717, 1.165) is 21.7 Å². The van der Waals surface area contributed by atoms with Gasteiger partial charge in [0, 0.05) is 12.6 Å². The van der Waals surface area contributed by atoms with Gasteiger partial charge in [0.05, 0.1) is 19.1 Å². The van der Waals surface area contributed by atoms with Crippen molar-refractivity contribution in [1.82, 2.24) is 5.32 Å². The molecule has 1 amide bonds. The minimum absolute atomic E-state index is 0.294. The summed E-state index contributed by atoms with van der Waals surface area (Å²) in [5.41, 5.74) is 2.47. The van der Waals surface area contributed by atoms with Gasteiger partial charge in [0.25, 0.3) is 0 Å². The topological polar surface area (TPSA) is 75.7 Å². The van der Waals surface area contributed by atoms with Crippen LogP contribution in [-0.4, -0.2) is 34.2 Å². The van der Waals surface area contributed by atoms with Crippen molar-refractivity contribution in [2.45, 2.75) is 13.5 Å². The number of aryl methyl sites for hydroxylation is 1. The number of sulfonamides is 1. The lowest BCUT2D eigenvalue weighted by Gasteiger charge is -2.22. The highest BCUT2D eigenvalue weighted by Crippen LogP contribution is 2.22. The maximum absolute atomic E-state index is 12.2. The molecule has 0 radical (unpaired) electrons. The normalized spacial score (nSPS) is 11.0. The van der Waals surface area contributed by atoms with Crippen LogP contribution in [0.1, 0.15) is 11.1 Å². The lowest BCUT2D eigenvalue weighted by Crippen LogP contribution is -2.40. The Bertz CT molecular complexity index is 832. The highest BCUT2D eigenvalue weighted by Gasteiger charge is 2.21. The van der Waals surface area contributed by atoms with Gasteiger partial charge < -0.3 is 10.1 Å². The molecule has 0 fully saturated rings. The van der Waals surface area contributed by atoms with Gasteiger partial charge in [0.1, 0.15) is 12.3 Å². The fraction of sp³-hybridized carbons (Fsp3) is 0.278. The Kier molecular flexibility index (Phi) is 6.03. The molecule has 2 aromatic carbocycles. The van der Waals surface area contributed by atoms with Gasteiger partial charge in [-0.25, -0.2) is 8.42 Å². The van der Waals surface area contributed by atoms with Crippen molar-refractivity contribution in [2.24, 2.45) is 0 Å². The van der Waals surface area contributed by atoms with Crippen molar-refractivity contribution < 1.29 is 17.9 Å². The molecule has 6 nitrogen and oxygen atoms in total. The maximum Gasteiger partial charge on any atom is 0.241 e. The summed E-state index contributed by atoms with van der Waals surface area (Å²) < 4.78 is 30.3. The fourth-order valence-electron chi connectivity index (χ4n) is 2.26. The zero-order valence-corrected chi connectivity index (χ0v) is 15.3. The summed E-state index contributed by atoms with van der Waals surface area (Å²) in [6.45, 7) is 2.03. The van der Waals surface area contributed by atoms with E-state index < -0.39 is 10.0 Å². The van der Waals surface area contributed by atoms with E-state index in [4.69, 9.17) is 4.74 Å². The highest BCUT2D eigenvalue weighted by atomic mass is 32.2. The SMILES string of the molecule is COc1cccc(N(CC(=O)NCc2ccc(C)cc2)S(C)(=O)=O)c1. The molecule has 0 heterocycles. The third kappa shape index (κ3) is 5.49. The van der Waals surface area contributed by atoms with Crippen LogP contribution in [0.5, 0.6) is 5.75 Å². The first-order chi connectivity index (χ1) is 11.8. The molecule has 0 aliphatic carbocycles. The van der Waals surface area contributed by atoms with Crippen LogP contribution < -0.4 is 14.4 Å². The Morgan fingerprint density at radius 2 is 1.84 bits per heavy atom. The van der Waals surface area contributed by atoms with Gasteiger partial charge >= 0.3 is 0 Å². The summed E-state index contributed by atoms with van der Waals surface area (Å²) in [5.74, 6) is 0.139. The molecule has 0 saturated heterocycles. The Balaban J connectivity index is 2.08. The van der Waals surface area contributed by atoms with E-state index in [1.807, 2.05) is 31.2 Å². The molecule has 2 aromatic rings. The zero-order chi connectivity index (χ0) is 18.4. The second kappa shape index (κ2) is 8.02. The number of benzene rings is 2. The lowest BCUT2D eigenvalue weighted by atomic mass is 10.1. The summed E-state index contributed by atoms with van der Waals surface area (Å²) in [4.78, 5) is 12.2. The molecule has 0 atom stereocenters. The average molecular weight is 362 g/mol. The van der Waals surface area contributed by atoms with Crippen molar-refractivity contribution in [3.05, 3.63) is 59.7 Å². The van der Waals surface area contributed by atoms with Crippen LogP contribution in [0.15, 0.2) is 48.5 Å². The van der Waals surface area contributed by atoms with E-state index in [9.17, 15) is 13.2 Å². The molecule has 2 rings (SSSR count). The number of amides is 1. The number of nitrogens with zero attached hydrogens (tertiary/aromatic N) is 1. The average Bonchev–Trinajstić information content (AvgIpc) is 2.58.